The van der Waals surface area contributed by atoms with Crippen molar-refractivity contribution in [2.75, 3.05) is 9.93 Å². The lowest BCUT2D eigenvalue weighted by atomic mass is 10.0. The number of rotatable bonds is 7. The van der Waals surface area contributed by atoms with Gasteiger partial charge in [0.15, 0.2) is 5.65 Å². The van der Waals surface area contributed by atoms with E-state index in [1.54, 1.807) is 36.7 Å². The Balaban J connectivity index is 1.66. The Morgan fingerprint density at radius 3 is 2.31 bits per heavy atom. The minimum Gasteiger partial charge on any atom is -0.283 e. The van der Waals surface area contributed by atoms with E-state index in [0.29, 0.717) is 22.2 Å². The molecule has 0 saturated carbocycles. The Hall–Kier alpha value is -4.39. The number of hydrogen-bond acceptors (Lipinski definition) is 7. The topological polar surface area (TPSA) is 124 Å². The molecular weight excluding hydrogens is 601 g/mol. The van der Waals surface area contributed by atoms with E-state index in [9.17, 15) is 16.8 Å². The number of aryl methyl sites for hydroxylation is 1. The first-order chi connectivity index (χ1) is 20.1. The lowest BCUT2D eigenvalue weighted by molar-refractivity contribution is 0.589. The lowest BCUT2D eigenvalue weighted by Gasteiger charge is -2.10. The molecule has 6 aromatic rings. The van der Waals surface area contributed by atoms with Crippen molar-refractivity contribution in [1.82, 2.24) is 18.9 Å². The summed E-state index contributed by atoms with van der Waals surface area (Å²) < 4.78 is 71.0. The quantitative estimate of drug-likeness (QED) is 0.219. The summed E-state index contributed by atoms with van der Waals surface area (Å²) in [5.74, 6) is -0.692. The molecule has 0 radical (unpaired) electrons. The van der Waals surface area contributed by atoms with Crippen molar-refractivity contribution in [1.29, 1.82) is 0 Å². The van der Waals surface area contributed by atoms with Crippen LogP contribution in [0.1, 0.15) is 5.56 Å². The molecular formula is C29H21ClFN5O4S2. The van der Waals surface area contributed by atoms with Gasteiger partial charge in [0.1, 0.15) is 11.0 Å². The number of sulfonamides is 1. The van der Waals surface area contributed by atoms with Gasteiger partial charge in [-0.1, -0.05) is 29.8 Å². The molecule has 0 unspecified atom stereocenters. The minimum atomic E-state index is -4.19. The van der Waals surface area contributed by atoms with Gasteiger partial charge < -0.3 is 0 Å². The van der Waals surface area contributed by atoms with Crippen LogP contribution in [-0.2, 0) is 20.0 Å². The van der Waals surface area contributed by atoms with E-state index >= 15 is 4.39 Å². The molecule has 4 aromatic heterocycles. The van der Waals surface area contributed by atoms with Crippen LogP contribution in [0, 0.1) is 12.7 Å². The van der Waals surface area contributed by atoms with Crippen LogP contribution in [0.25, 0.3) is 44.3 Å². The predicted octanol–water partition coefficient (Wildman–Crippen LogP) is 5.94. The number of fused-ring (bicyclic) bond motifs is 3. The number of alkyl halides is 1. The molecule has 0 fully saturated rings. The highest BCUT2D eigenvalue weighted by atomic mass is 35.5. The molecule has 0 atom stereocenters. The molecule has 0 spiro atoms. The van der Waals surface area contributed by atoms with E-state index in [1.165, 1.54) is 42.6 Å². The predicted molar refractivity (Wildman–Crippen MR) is 161 cm³/mol. The van der Waals surface area contributed by atoms with Gasteiger partial charge in [0.25, 0.3) is 10.0 Å². The number of pyridine rings is 3. The van der Waals surface area contributed by atoms with Crippen LogP contribution >= 0.6 is 11.6 Å². The van der Waals surface area contributed by atoms with E-state index in [-0.39, 0.29) is 32.7 Å². The molecule has 0 aliphatic carbocycles. The van der Waals surface area contributed by atoms with E-state index in [4.69, 9.17) is 11.6 Å². The molecule has 0 saturated heterocycles. The van der Waals surface area contributed by atoms with Crippen LogP contribution in [0.5, 0.6) is 0 Å². The summed E-state index contributed by atoms with van der Waals surface area (Å²) in [6.45, 7) is 1.85. The zero-order valence-electron chi connectivity index (χ0n) is 21.9. The van der Waals surface area contributed by atoms with Crippen LogP contribution < -0.4 is 4.72 Å². The molecule has 212 valence electrons. The number of anilines is 1. The SMILES string of the molecule is Cc1ccc(S(=O)(=O)n2c3cnc(-c4cccnc4)cc3c3c(-c4ccc(NS(=O)(=O)CCl)cc4)c(F)cnc32)cc1. The average molecular weight is 622 g/mol. The van der Waals surface area contributed by atoms with E-state index in [2.05, 4.69) is 19.7 Å². The highest BCUT2D eigenvalue weighted by Crippen LogP contribution is 2.40. The molecule has 42 heavy (non-hydrogen) atoms. The van der Waals surface area contributed by atoms with Gasteiger partial charge in [0, 0.05) is 40.0 Å². The summed E-state index contributed by atoms with van der Waals surface area (Å²) in [7, 11) is -7.94. The van der Waals surface area contributed by atoms with Crippen molar-refractivity contribution in [3.05, 3.63) is 103 Å². The molecule has 0 aliphatic rings. The highest BCUT2D eigenvalue weighted by molar-refractivity contribution is 7.93. The Morgan fingerprint density at radius 2 is 1.64 bits per heavy atom. The van der Waals surface area contributed by atoms with Gasteiger partial charge in [0.2, 0.25) is 10.0 Å². The van der Waals surface area contributed by atoms with E-state index in [1.807, 2.05) is 13.0 Å². The second-order valence-corrected chi connectivity index (χ2v) is 13.6. The van der Waals surface area contributed by atoms with E-state index < -0.39 is 31.1 Å². The molecule has 2 aromatic carbocycles. The first-order valence-electron chi connectivity index (χ1n) is 12.5. The smallest absolute Gasteiger partial charge is 0.269 e. The first-order valence-corrected chi connectivity index (χ1v) is 16.1. The number of benzene rings is 2. The average Bonchev–Trinajstić information content (AvgIpc) is 3.32. The number of nitrogens with zero attached hydrogens (tertiary/aromatic N) is 4. The lowest BCUT2D eigenvalue weighted by Crippen LogP contribution is -2.13. The Morgan fingerprint density at radius 1 is 0.905 bits per heavy atom. The van der Waals surface area contributed by atoms with Crippen molar-refractivity contribution in [3.63, 3.8) is 0 Å². The zero-order chi connectivity index (χ0) is 29.6. The van der Waals surface area contributed by atoms with E-state index in [0.717, 1.165) is 15.7 Å². The second-order valence-electron chi connectivity index (χ2n) is 9.49. The summed E-state index contributed by atoms with van der Waals surface area (Å²) in [5, 5.41) is 0.0298. The summed E-state index contributed by atoms with van der Waals surface area (Å²) in [5.41, 5.74) is 3.00. The highest BCUT2D eigenvalue weighted by Gasteiger charge is 2.28. The Bertz CT molecular complexity index is 2190. The standard InChI is InChI=1S/C29H21ClFN5O4S2/c1-18-4-10-22(11-5-18)42(39,40)36-26-16-33-25(20-3-2-12-32-14-20)13-23(26)28-27(24(31)15-34-29(28)36)19-6-8-21(9-7-19)35-41(37,38)17-30/h2-16,35H,17H2,1H3. The molecule has 0 bridgehead atoms. The monoisotopic (exact) mass is 621 g/mol. The normalized spacial score (nSPS) is 12.2. The molecule has 6 rings (SSSR count). The Labute approximate surface area is 245 Å². The fraction of sp³-hybridized carbons (Fsp3) is 0.0690. The van der Waals surface area contributed by atoms with Crippen LogP contribution in [0.4, 0.5) is 10.1 Å². The fourth-order valence-corrected chi connectivity index (χ4v) is 6.91. The maximum atomic E-state index is 15.7. The molecule has 4 heterocycles. The van der Waals surface area contributed by atoms with Gasteiger partial charge in [0.05, 0.1) is 28.5 Å². The number of aromatic nitrogens is 4. The largest absolute Gasteiger partial charge is 0.283 e. The second kappa shape index (κ2) is 10.5. The van der Waals surface area contributed by atoms with Crippen LogP contribution in [0.3, 0.4) is 0 Å². The molecule has 13 heteroatoms. The summed E-state index contributed by atoms with van der Waals surface area (Å²) in [6.07, 6.45) is 5.64. The van der Waals surface area contributed by atoms with Crippen molar-refractivity contribution in [2.45, 2.75) is 11.8 Å². The fourth-order valence-electron chi connectivity index (χ4n) is 4.74. The van der Waals surface area contributed by atoms with Crippen molar-refractivity contribution in [2.24, 2.45) is 0 Å². The van der Waals surface area contributed by atoms with Gasteiger partial charge >= 0.3 is 0 Å². The molecule has 0 amide bonds. The van der Waals surface area contributed by atoms with Crippen molar-refractivity contribution in [3.8, 4) is 22.4 Å². The van der Waals surface area contributed by atoms with Crippen molar-refractivity contribution < 1.29 is 21.2 Å². The number of nitrogens with one attached hydrogen (secondary N) is 1. The van der Waals surface area contributed by atoms with Crippen LogP contribution in [0.2, 0.25) is 0 Å². The third kappa shape index (κ3) is 4.87. The molecule has 1 N–H and O–H groups in total. The van der Waals surface area contributed by atoms with Gasteiger partial charge in [-0.05, 0) is 55.0 Å². The number of halogens is 2. The van der Waals surface area contributed by atoms with Gasteiger partial charge in [-0.3, -0.25) is 14.7 Å². The number of hydrogen-bond donors (Lipinski definition) is 1. The van der Waals surface area contributed by atoms with Crippen LogP contribution in [-0.4, -0.2) is 41.0 Å². The third-order valence-corrected chi connectivity index (χ3v) is 10.1. The zero-order valence-corrected chi connectivity index (χ0v) is 24.3. The summed E-state index contributed by atoms with van der Waals surface area (Å²) >= 11 is 5.49. The first kappa shape index (κ1) is 27.8. The van der Waals surface area contributed by atoms with Gasteiger partial charge in [-0.25, -0.2) is 30.2 Å². The Kier molecular flexibility index (Phi) is 6.92. The van der Waals surface area contributed by atoms with Crippen molar-refractivity contribution >= 4 is 59.3 Å². The molecule has 0 aliphatic heterocycles. The van der Waals surface area contributed by atoms with Gasteiger partial charge in [-0.2, -0.15) is 0 Å². The maximum Gasteiger partial charge on any atom is 0.269 e. The summed E-state index contributed by atoms with van der Waals surface area (Å²) in [6, 6.07) is 17.6. The minimum absolute atomic E-state index is 0.0130. The molecule has 9 nitrogen and oxygen atoms in total. The summed E-state index contributed by atoms with van der Waals surface area (Å²) in [4.78, 5) is 12.9. The van der Waals surface area contributed by atoms with Crippen LogP contribution in [0.15, 0.2) is 96.4 Å². The van der Waals surface area contributed by atoms with Gasteiger partial charge in [-0.15, -0.1) is 11.6 Å². The third-order valence-electron chi connectivity index (χ3n) is 6.68. The maximum absolute atomic E-state index is 15.7.